The summed E-state index contributed by atoms with van der Waals surface area (Å²) < 4.78 is 2.46. The van der Waals surface area contributed by atoms with E-state index in [0.29, 0.717) is 6.57 Å². The van der Waals surface area contributed by atoms with E-state index in [0.717, 1.165) is 6.54 Å². The molecule has 4 heteroatoms. The normalized spacial score (nSPS) is 17.2. The van der Waals surface area contributed by atoms with Crippen LogP contribution in [0, 0.1) is 6.92 Å². The number of hydrogen-bond donors (Lipinski definition) is 0. The van der Waals surface area contributed by atoms with E-state index in [4.69, 9.17) is 0 Å². The van der Waals surface area contributed by atoms with Gasteiger partial charge in [0.25, 0.3) is 0 Å². The van der Waals surface area contributed by atoms with Crippen LogP contribution in [0.1, 0.15) is 11.1 Å². The first-order valence-electron chi connectivity index (χ1n) is 10.2. The molecule has 7 rings (SSSR count). The Morgan fingerprint density at radius 1 is 0.897 bits per heavy atom. The van der Waals surface area contributed by atoms with E-state index in [1.54, 1.807) is 0 Å². The maximum atomic E-state index is 2.64. The van der Waals surface area contributed by atoms with Crippen molar-refractivity contribution in [1.29, 1.82) is 0 Å². The standard InChI is InChI=1S/C25H19BN2P/c1-17-14-22-25-24-18(16-27(25)15-17)8-7-11-20(24)26-28(22)21-12-5-6-13-23(21)29(26)19-9-3-2-4-10-19/h2-15H,16H2,1H3/q+1. The highest BCUT2D eigenvalue weighted by Gasteiger charge is 2.52. The first-order valence-corrected chi connectivity index (χ1v) is 11.6. The molecule has 0 radical (unpaired) electrons. The number of hydrogen-bond acceptors (Lipinski definition) is 1. The molecule has 0 saturated heterocycles. The van der Waals surface area contributed by atoms with Crippen LogP contribution in [0.3, 0.4) is 0 Å². The van der Waals surface area contributed by atoms with E-state index < -0.39 is 7.80 Å². The second kappa shape index (κ2) is 5.59. The zero-order valence-corrected chi connectivity index (χ0v) is 17.1. The van der Waals surface area contributed by atoms with Gasteiger partial charge in [-0.2, -0.15) is 4.57 Å². The molecule has 1 atom stereocenters. The average Bonchev–Trinajstić information content (AvgIpc) is 3.29. The molecular weight excluding hydrogens is 370 g/mol. The van der Waals surface area contributed by atoms with Crippen LogP contribution in [0.5, 0.6) is 0 Å². The summed E-state index contributed by atoms with van der Waals surface area (Å²) in [6.45, 7) is 3.57. The van der Waals surface area contributed by atoms with Gasteiger partial charge in [-0.15, -0.1) is 0 Å². The monoisotopic (exact) mass is 389 g/mol. The molecule has 0 bridgehead atoms. The fraction of sp³-hybridized carbons (Fsp3) is 0.0800. The molecule has 29 heavy (non-hydrogen) atoms. The fourth-order valence-electron chi connectivity index (χ4n) is 5.46. The van der Waals surface area contributed by atoms with Gasteiger partial charge in [-0.25, -0.2) is 0 Å². The highest BCUT2D eigenvalue weighted by Crippen LogP contribution is 2.55. The van der Waals surface area contributed by atoms with Gasteiger partial charge in [-0.3, -0.25) is 0 Å². The Labute approximate surface area is 172 Å². The summed E-state index contributed by atoms with van der Waals surface area (Å²) in [7, 11) is -0.507. The van der Waals surface area contributed by atoms with Crippen LogP contribution in [-0.4, -0.2) is 6.57 Å². The van der Waals surface area contributed by atoms with Gasteiger partial charge in [-0.05, 0) is 42.9 Å². The summed E-state index contributed by atoms with van der Waals surface area (Å²) in [4.78, 5) is 2.64. The number of pyridine rings is 1. The Balaban J connectivity index is 1.60. The molecule has 3 aromatic carbocycles. The zero-order valence-electron chi connectivity index (χ0n) is 16.2. The van der Waals surface area contributed by atoms with Crippen molar-refractivity contribution in [3.05, 3.63) is 96.2 Å². The van der Waals surface area contributed by atoms with Crippen molar-refractivity contribution in [2.24, 2.45) is 0 Å². The number of para-hydroxylation sites is 1. The number of rotatable bonds is 1. The first kappa shape index (κ1) is 16.0. The minimum Gasteiger partial charge on any atom is -0.371 e. The van der Waals surface area contributed by atoms with Gasteiger partial charge in [0.1, 0.15) is 5.69 Å². The lowest BCUT2D eigenvalue weighted by Gasteiger charge is -2.33. The predicted octanol–water partition coefficient (Wildman–Crippen LogP) is 3.60. The number of anilines is 2. The van der Waals surface area contributed by atoms with Crippen molar-refractivity contribution in [1.82, 2.24) is 0 Å². The summed E-state index contributed by atoms with van der Waals surface area (Å²) in [5.74, 6) is 0. The van der Waals surface area contributed by atoms with Crippen molar-refractivity contribution in [3.63, 3.8) is 0 Å². The SMILES string of the molecule is Cc1cc2c3[n+](c1)Cc1cccc(c1-3)B1N2c2ccccc2P1c1ccccc1. The summed E-state index contributed by atoms with van der Waals surface area (Å²) in [5, 5.41) is 2.96. The molecule has 0 spiro atoms. The highest BCUT2D eigenvalue weighted by molar-refractivity contribution is 8.04. The first-order chi connectivity index (χ1) is 14.3. The molecule has 0 aliphatic carbocycles. The molecule has 1 aromatic heterocycles. The number of aromatic nitrogens is 1. The largest absolute Gasteiger partial charge is 0.371 e. The van der Waals surface area contributed by atoms with E-state index in [-0.39, 0.29) is 0 Å². The van der Waals surface area contributed by atoms with Crippen molar-refractivity contribution < 1.29 is 4.57 Å². The summed E-state index contributed by atoms with van der Waals surface area (Å²) in [6.07, 6.45) is 2.31. The average molecular weight is 389 g/mol. The Hall–Kier alpha value is -2.90. The number of aryl methyl sites for hydroxylation is 1. The maximum Gasteiger partial charge on any atom is 0.333 e. The van der Waals surface area contributed by atoms with Crippen LogP contribution in [0.25, 0.3) is 11.3 Å². The lowest BCUT2D eigenvalue weighted by molar-refractivity contribution is -0.671. The smallest absolute Gasteiger partial charge is 0.333 e. The molecule has 0 amide bonds. The van der Waals surface area contributed by atoms with Crippen molar-refractivity contribution in [3.8, 4) is 11.3 Å². The molecule has 4 heterocycles. The second-order valence-electron chi connectivity index (χ2n) is 8.20. The molecule has 0 N–H and O–H groups in total. The van der Waals surface area contributed by atoms with Crippen LogP contribution in [0.4, 0.5) is 11.4 Å². The Morgan fingerprint density at radius 3 is 2.62 bits per heavy atom. The van der Waals surface area contributed by atoms with E-state index in [9.17, 15) is 0 Å². The van der Waals surface area contributed by atoms with Crippen molar-refractivity contribution >= 4 is 41.8 Å². The molecule has 4 aromatic rings. The molecular formula is C25H19BN2P+. The topological polar surface area (TPSA) is 7.12 Å². The summed E-state index contributed by atoms with van der Waals surface area (Å²) >= 11 is 0. The third-order valence-corrected chi connectivity index (χ3v) is 9.23. The molecule has 3 aliphatic heterocycles. The van der Waals surface area contributed by atoms with Gasteiger partial charge in [0.05, 0.1) is 5.56 Å². The van der Waals surface area contributed by atoms with E-state index in [1.165, 1.54) is 49.8 Å². The van der Waals surface area contributed by atoms with E-state index in [1.807, 2.05) is 0 Å². The molecule has 136 valence electrons. The minimum absolute atomic E-state index is 0.362. The van der Waals surface area contributed by atoms with Crippen LogP contribution < -0.4 is 25.4 Å². The summed E-state index contributed by atoms with van der Waals surface area (Å²) in [6, 6.07) is 29.5. The third-order valence-electron chi connectivity index (χ3n) is 6.48. The van der Waals surface area contributed by atoms with Gasteiger partial charge >= 0.3 is 6.57 Å². The zero-order chi connectivity index (χ0) is 19.1. The van der Waals surface area contributed by atoms with Gasteiger partial charge in [-0.1, -0.05) is 66.7 Å². The number of nitrogens with zero attached hydrogens (tertiary/aromatic N) is 2. The fourth-order valence-corrected chi connectivity index (χ4v) is 8.42. The Bertz CT molecular complexity index is 1320. The quantitative estimate of drug-likeness (QED) is 0.241. The number of fused-ring (bicyclic) bond motifs is 5. The van der Waals surface area contributed by atoms with Crippen LogP contribution in [0.2, 0.25) is 0 Å². The minimum atomic E-state index is -0.507. The van der Waals surface area contributed by atoms with Gasteiger partial charge in [0, 0.05) is 16.8 Å². The van der Waals surface area contributed by atoms with Crippen molar-refractivity contribution in [2.75, 3.05) is 4.81 Å². The predicted molar refractivity (Wildman–Crippen MR) is 123 cm³/mol. The van der Waals surface area contributed by atoms with E-state index in [2.05, 4.69) is 101 Å². The third kappa shape index (κ3) is 1.99. The van der Waals surface area contributed by atoms with Crippen LogP contribution >= 0.6 is 7.80 Å². The molecule has 0 saturated carbocycles. The lowest BCUT2D eigenvalue weighted by atomic mass is 9.70. The number of benzene rings is 3. The second-order valence-corrected chi connectivity index (χ2v) is 10.4. The lowest BCUT2D eigenvalue weighted by Crippen LogP contribution is -2.48. The molecule has 3 aliphatic rings. The molecule has 2 nitrogen and oxygen atoms in total. The Kier molecular flexibility index (Phi) is 3.07. The van der Waals surface area contributed by atoms with Crippen LogP contribution in [-0.2, 0) is 6.54 Å². The summed E-state index contributed by atoms with van der Waals surface area (Å²) in [5.41, 5.74) is 9.93. The van der Waals surface area contributed by atoms with Gasteiger partial charge in [0.2, 0.25) is 5.69 Å². The van der Waals surface area contributed by atoms with Crippen molar-refractivity contribution in [2.45, 2.75) is 13.5 Å². The molecule has 1 unspecified atom stereocenters. The maximum absolute atomic E-state index is 2.64. The van der Waals surface area contributed by atoms with E-state index >= 15 is 0 Å². The Morgan fingerprint density at radius 2 is 1.72 bits per heavy atom. The van der Waals surface area contributed by atoms with Gasteiger partial charge in [0.15, 0.2) is 12.7 Å². The van der Waals surface area contributed by atoms with Crippen LogP contribution in [0.15, 0.2) is 85.1 Å². The van der Waals surface area contributed by atoms with Gasteiger partial charge < -0.3 is 4.81 Å². The molecule has 0 fully saturated rings. The highest BCUT2D eigenvalue weighted by atomic mass is 31.1.